The normalized spacial score (nSPS) is 26.8. The Bertz CT molecular complexity index is 426. The van der Waals surface area contributed by atoms with Crippen LogP contribution in [0.5, 0.6) is 0 Å². The Morgan fingerprint density at radius 3 is 2.82 bits per heavy atom. The van der Waals surface area contributed by atoms with Gasteiger partial charge in [0.05, 0.1) is 6.10 Å². The molecule has 0 saturated heterocycles. The number of hydrogen-bond acceptors (Lipinski definition) is 2. The highest BCUT2D eigenvalue weighted by molar-refractivity contribution is 5.39. The van der Waals surface area contributed by atoms with Gasteiger partial charge in [0.2, 0.25) is 0 Å². The quantitative estimate of drug-likeness (QED) is 0.723. The van der Waals surface area contributed by atoms with Crippen LogP contribution in [-0.4, -0.2) is 18.2 Å². The van der Waals surface area contributed by atoms with Crippen LogP contribution in [0.15, 0.2) is 18.2 Å². The molecule has 2 aliphatic rings. The first kappa shape index (κ1) is 11.2. The van der Waals surface area contributed by atoms with Gasteiger partial charge in [-0.25, -0.2) is 4.39 Å². The maximum absolute atomic E-state index is 13.5. The Kier molecular flexibility index (Phi) is 2.68. The molecule has 0 bridgehead atoms. The minimum absolute atomic E-state index is 0.0505. The van der Waals surface area contributed by atoms with Crippen LogP contribution in [0.1, 0.15) is 42.9 Å². The molecule has 1 saturated carbocycles. The molecule has 1 aliphatic heterocycles. The monoisotopic (exact) mass is 235 g/mol. The van der Waals surface area contributed by atoms with Gasteiger partial charge in [-0.2, -0.15) is 0 Å². The predicted octanol–water partition coefficient (Wildman–Crippen LogP) is 2.27. The van der Waals surface area contributed by atoms with Gasteiger partial charge < -0.3 is 10.4 Å². The smallest absolute Gasteiger partial charge is 0.123 e. The van der Waals surface area contributed by atoms with Crippen molar-refractivity contribution in [2.45, 2.75) is 37.2 Å². The van der Waals surface area contributed by atoms with E-state index in [-0.39, 0.29) is 11.2 Å². The summed E-state index contributed by atoms with van der Waals surface area (Å²) in [4.78, 5) is 0. The first-order chi connectivity index (χ1) is 8.21. The number of fused-ring (bicyclic) bond motifs is 2. The molecule has 0 radical (unpaired) electrons. The lowest BCUT2D eigenvalue weighted by atomic mass is 9.76. The first-order valence-corrected chi connectivity index (χ1v) is 6.40. The molecule has 1 unspecified atom stereocenters. The van der Waals surface area contributed by atoms with E-state index in [0.717, 1.165) is 30.5 Å². The average molecular weight is 235 g/mol. The van der Waals surface area contributed by atoms with E-state index >= 15 is 0 Å². The van der Waals surface area contributed by atoms with E-state index in [1.54, 1.807) is 12.1 Å². The summed E-state index contributed by atoms with van der Waals surface area (Å²) in [7, 11) is 0. The van der Waals surface area contributed by atoms with E-state index in [4.69, 9.17) is 0 Å². The highest BCUT2D eigenvalue weighted by Crippen LogP contribution is 2.44. The first-order valence-electron chi connectivity index (χ1n) is 6.40. The number of hydrogen-bond donors (Lipinski definition) is 2. The maximum Gasteiger partial charge on any atom is 0.123 e. The average Bonchev–Trinajstić information content (AvgIpc) is 2.73. The molecule has 3 rings (SSSR count). The van der Waals surface area contributed by atoms with E-state index in [1.807, 2.05) is 0 Å². The summed E-state index contributed by atoms with van der Waals surface area (Å²) in [5.41, 5.74) is 2.00. The van der Waals surface area contributed by atoms with Crippen molar-refractivity contribution in [2.24, 2.45) is 0 Å². The molecule has 1 fully saturated rings. The second-order valence-electron chi connectivity index (χ2n) is 5.37. The fraction of sp³-hybridized carbons (Fsp3) is 0.571. The van der Waals surface area contributed by atoms with Crippen molar-refractivity contribution in [1.29, 1.82) is 0 Å². The molecule has 1 aliphatic carbocycles. The van der Waals surface area contributed by atoms with Gasteiger partial charge in [0.25, 0.3) is 0 Å². The summed E-state index contributed by atoms with van der Waals surface area (Å²) in [5.74, 6) is -0.191. The van der Waals surface area contributed by atoms with Gasteiger partial charge in [0, 0.05) is 18.5 Å². The highest BCUT2D eigenvalue weighted by atomic mass is 19.1. The molecule has 92 valence electrons. The number of benzene rings is 1. The molecule has 1 atom stereocenters. The van der Waals surface area contributed by atoms with Gasteiger partial charge >= 0.3 is 0 Å². The lowest BCUT2D eigenvalue weighted by Crippen LogP contribution is -2.34. The van der Waals surface area contributed by atoms with E-state index in [9.17, 15) is 9.50 Å². The topological polar surface area (TPSA) is 32.3 Å². The highest BCUT2D eigenvalue weighted by Gasteiger charge is 2.39. The number of β-amino-alcohol motifs (C(OH)–C–C–N with tert-alkyl or cyclic N) is 1. The van der Waals surface area contributed by atoms with Gasteiger partial charge in [-0.15, -0.1) is 0 Å². The Hall–Kier alpha value is -0.930. The molecule has 17 heavy (non-hydrogen) atoms. The van der Waals surface area contributed by atoms with Crippen molar-refractivity contribution in [2.75, 3.05) is 13.1 Å². The van der Waals surface area contributed by atoms with Gasteiger partial charge in [0.1, 0.15) is 5.82 Å². The lowest BCUT2D eigenvalue weighted by Gasteiger charge is -2.29. The molecule has 1 aromatic rings. The van der Waals surface area contributed by atoms with Crippen molar-refractivity contribution < 1.29 is 9.50 Å². The van der Waals surface area contributed by atoms with Crippen LogP contribution >= 0.6 is 0 Å². The van der Waals surface area contributed by atoms with Crippen LogP contribution in [0.4, 0.5) is 4.39 Å². The van der Waals surface area contributed by atoms with Crippen LogP contribution in [0.25, 0.3) is 0 Å². The molecule has 0 aromatic heterocycles. The third kappa shape index (κ3) is 1.78. The number of halogens is 1. The Morgan fingerprint density at radius 1 is 1.29 bits per heavy atom. The van der Waals surface area contributed by atoms with E-state index in [0.29, 0.717) is 6.54 Å². The standard InChI is InChI=1S/C14H18FNO/c15-10-3-4-11-12(7-10)14(5-1-2-6-14)9-16-8-13(11)17/h3-4,7,13,16-17H,1-2,5-6,8-9H2. The third-order valence-electron chi connectivity index (χ3n) is 4.31. The van der Waals surface area contributed by atoms with Crippen molar-refractivity contribution in [3.05, 3.63) is 35.1 Å². The van der Waals surface area contributed by atoms with Crippen molar-refractivity contribution in [3.8, 4) is 0 Å². The minimum Gasteiger partial charge on any atom is -0.387 e. The number of aliphatic hydroxyl groups is 1. The fourth-order valence-electron chi connectivity index (χ4n) is 3.43. The molecule has 3 heteroatoms. The summed E-state index contributed by atoms with van der Waals surface area (Å²) in [6, 6.07) is 4.84. The molecule has 0 amide bonds. The zero-order valence-corrected chi connectivity index (χ0v) is 9.88. The number of aliphatic hydroxyl groups excluding tert-OH is 1. The fourth-order valence-corrected chi connectivity index (χ4v) is 3.43. The van der Waals surface area contributed by atoms with Crippen LogP contribution in [0.3, 0.4) is 0 Å². The molecule has 1 spiro atoms. The number of rotatable bonds is 0. The molecule has 1 aromatic carbocycles. The van der Waals surface area contributed by atoms with Gasteiger partial charge in [-0.05, 0) is 36.1 Å². The third-order valence-corrected chi connectivity index (χ3v) is 4.31. The minimum atomic E-state index is -0.509. The van der Waals surface area contributed by atoms with Gasteiger partial charge in [-0.1, -0.05) is 18.9 Å². The molecular formula is C14H18FNO. The van der Waals surface area contributed by atoms with Crippen LogP contribution in [-0.2, 0) is 5.41 Å². The van der Waals surface area contributed by atoms with Crippen LogP contribution in [0, 0.1) is 5.82 Å². The van der Waals surface area contributed by atoms with Gasteiger partial charge in [-0.3, -0.25) is 0 Å². The second-order valence-corrected chi connectivity index (χ2v) is 5.37. The van der Waals surface area contributed by atoms with Crippen molar-refractivity contribution in [3.63, 3.8) is 0 Å². The summed E-state index contributed by atoms with van der Waals surface area (Å²) < 4.78 is 13.5. The summed E-state index contributed by atoms with van der Waals surface area (Å²) >= 11 is 0. The number of nitrogens with one attached hydrogen (secondary N) is 1. The largest absolute Gasteiger partial charge is 0.387 e. The second kappa shape index (κ2) is 4.07. The lowest BCUT2D eigenvalue weighted by molar-refractivity contribution is 0.177. The predicted molar refractivity (Wildman–Crippen MR) is 64.4 cm³/mol. The maximum atomic E-state index is 13.5. The van der Waals surface area contributed by atoms with E-state index < -0.39 is 6.10 Å². The van der Waals surface area contributed by atoms with Crippen LogP contribution in [0.2, 0.25) is 0 Å². The zero-order valence-electron chi connectivity index (χ0n) is 9.88. The summed E-state index contributed by atoms with van der Waals surface area (Å²) in [5, 5.41) is 13.4. The summed E-state index contributed by atoms with van der Waals surface area (Å²) in [6.07, 6.45) is 4.10. The van der Waals surface area contributed by atoms with Crippen molar-refractivity contribution >= 4 is 0 Å². The summed E-state index contributed by atoms with van der Waals surface area (Å²) in [6.45, 7) is 1.43. The molecular weight excluding hydrogens is 217 g/mol. The molecule has 2 nitrogen and oxygen atoms in total. The molecule has 1 heterocycles. The Balaban J connectivity index is 2.14. The van der Waals surface area contributed by atoms with E-state index in [1.165, 1.54) is 18.9 Å². The SMILES string of the molecule is OC1CNCC2(CCCC2)c2cc(F)ccc21. The van der Waals surface area contributed by atoms with Crippen molar-refractivity contribution in [1.82, 2.24) is 5.32 Å². The Labute approximate surface area is 101 Å². The van der Waals surface area contributed by atoms with E-state index in [2.05, 4.69) is 5.32 Å². The molecule has 2 N–H and O–H groups in total. The van der Waals surface area contributed by atoms with Crippen LogP contribution < -0.4 is 5.32 Å². The van der Waals surface area contributed by atoms with Gasteiger partial charge in [0.15, 0.2) is 0 Å². The zero-order chi connectivity index (χ0) is 11.9. The Morgan fingerprint density at radius 2 is 2.06 bits per heavy atom.